The molecule has 1 unspecified atom stereocenters. The second-order valence-corrected chi connectivity index (χ2v) is 6.00. The van der Waals surface area contributed by atoms with E-state index in [9.17, 15) is 9.00 Å². The summed E-state index contributed by atoms with van der Waals surface area (Å²) in [6, 6.07) is 13.4. The van der Waals surface area contributed by atoms with Crippen LogP contribution in [0.3, 0.4) is 0 Å². The van der Waals surface area contributed by atoms with Crippen LogP contribution in [0.15, 0.2) is 53.4 Å². The Morgan fingerprint density at radius 2 is 1.90 bits per heavy atom. The Balaban J connectivity index is 1.97. The van der Waals surface area contributed by atoms with E-state index in [2.05, 4.69) is 5.32 Å². The first-order chi connectivity index (χ1) is 9.54. The van der Waals surface area contributed by atoms with Gasteiger partial charge >= 0.3 is 0 Å². The van der Waals surface area contributed by atoms with Crippen LogP contribution in [0.1, 0.15) is 0 Å². The van der Waals surface area contributed by atoms with Crippen molar-refractivity contribution in [1.82, 2.24) is 0 Å². The molecule has 2 rings (SSSR count). The number of amides is 1. The summed E-state index contributed by atoms with van der Waals surface area (Å²) in [5, 5.41) is 3.18. The van der Waals surface area contributed by atoms with E-state index in [0.29, 0.717) is 21.3 Å². The summed E-state index contributed by atoms with van der Waals surface area (Å²) in [5.41, 5.74) is 6.73. The quantitative estimate of drug-likeness (QED) is 0.853. The molecule has 2 aromatic rings. The van der Waals surface area contributed by atoms with Crippen LogP contribution < -0.4 is 11.1 Å². The number of anilines is 2. The first-order valence-corrected chi connectivity index (χ1v) is 7.53. The molecule has 1 amide bonds. The van der Waals surface area contributed by atoms with Crippen molar-refractivity contribution in [3.63, 3.8) is 0 Å². The maximum atomic E-state index is 12.0. The van der Waals surface area contributed by atoms with E-state index in [0.717, 1.165) is 0 Å². The highest BCUT2D eigenvalue weighted by atomic mass is 35.5. The average molecular weight is 309 g/mol. The van der Waals surface area contributed by atoms with Gasteiger partial charge < -0.3 is 11.1 Å². The van der Waals surface area contributed by atoms with Gasteiger partial charge in [0.2, 0.25) is 5.91 Å². The van der Waals surface area contributed by atoms with Gasteiger partial charge in [0.1, 0.15) is 5.75 Å². The van der Waals surface area contributed by atoms with Crippen molar-refractivity contribution in [1.29, 1.82) is 0 Å². The summed E-state index contributed by atoms with van der Waals surface area (Å²) in [5.74, 6) is -0.446. The minimum Gasteiger partial charge on any atom is -0.399 e. The van der Waals surface area contributed by atoms with Crippen molar-refractivity contribution in [2.45, 2.75) is 4.90 Å². The van der Waals surface area contributed by atoms with E-state index < -0.39 is 10.8 Å². The summed E-state index contributed by atoms with van der Waals surface area (Å²) in [4.78, 5) is 12.4. The van der Waals surface area contributed by atoms with Crippen LogP contribution in [-0.4, -0.2) is 15.9 Å². The van der Waals surface area contributed by atoms with E-state index in [1.807, 2.05) is 0 Å². The molecular weight excluding hydrogens is 296 g/mol. The highest BCUT2D eigenvalue weighted by molar-refractivity contribution is 7.85. The third kappa shape index (κ3) is 4.08. The molecule has 2 aromatic carbocycles. The molecule has 0 saturated heterocycles. The number of nitrogens with one attached hydrogen (secondary N) is 1. The number of carbonyl (C=O) groups excluding carboxylic acids is 1. The fourth-order valence-corrected chi connectivity index (χ4v) is 2.69. The molecule has 4 nitrogen and oxygen atoms in total. The Labute approximate surface area is 124 Å². The van der Waals surface area contributed by atoms with Gasteiger partial charge in [0.15, 0.2) is 0 Å². The minimum atomic E-state index is -1.40. The molecule has 0 aliphatic heterocycles. The molecule has 0 radical (unpaired) electrons. The molecule has 0 heterocycles. The molecule has 104 valence electrons. The number of nitrogen functional groups attached to an aromatic ring is 1. The summed E-state index contributed by atoms with van der Waals surface area (Å²) >= 11 is 5.82. The summed E-state index contributed by atoms with van der Waals surface area (Å²) in [7, 11) is -1.40. The molecule has 20 heavy (non-hydrogen) atoms. The number of hydrogen-bond acceptors (Lipinski definition) is 3. The van der Waals surface area contributed by atoms with E-state index in [4.69, 9.17) is 17.3 Å². The Kier molecular flexibility index (Phi) is 4.76. The van der Waals surface area contributed by atoms with Gasteiger partial charge in [-0.1, -0.05) is 17.7 Å². The monoisotopic (exact) mass is 308 g/mol. The van der Waals surface area contributed by atoms with E-state index in [1.54, 1.807) is 48.5 Å². The maximum absolute atomic E-state index is 12.0. The van der Waals surface area contributed by atoms with Crippen LogP contribution in [0, 0.1) is 0 Å². The number of hydrogen-bond donors (Lipinski definition) is 2. The number of benzene rings is 2. The van der Waals surface area contributed by atoms with Crippen LogP contribution in [-0.2, 0) is 15.6 Å². The van der Waals surface area contributed by atoms with Gasteiger partial charge in [-0.25, -0.2) is 0 Å². The first-order valence-electron chi connectivity index (χ1n) is 5.84. The normalized spacial score (nSPS) is 11.8. The zero-order valence-corrected chi connectivity index (χ0v) is 12.1. The fourth-order valence-electron chi connectivity index (χ4n) is 1.59. The molecule has 0 aliphatic carbocycles. The molecule has 1 atom stereocenters. The van der Waals surface area contributed by atoms with E-state index in [-0.39, 0.29) is 11.7 Å². The van der Waals surface area contributed by atoms with E-state index >= 15 is 0 Å². The van der Waals surface area contributed by atoms with Gasteiger partial charge in [-0.3, -0.25) is 9.00 Å². The highest BCUT2D eigenvalue weighted by Crippen LogP contribution is 2.15. The Hall–Kier alpha value is -1.85. The van der Waals surface area contributed by atoms with Gasteiger partial charge in [0, 0.05) is 21.3 Å². The lowest BCUT2D eigenvalue weighted by Gasteiger charge is -2.06. The van der Waals surface area contributed by atoms with Crippen LogP contribution >= 0.6 is 11.6 Å². The third-order valence-electron chi connectivity index (χ3n) is 2.51. The standard InChI is InChI=1S/C14H13ClN2O2S/c15-10-2-1-3-12(8-10)17-14(18)9-20(19)13-6-4-11(16)5-7-13/h1-8H,9,16H2,(H,17,18). The summed E-state index contributed by atoms with van der Waals surface area (Å²) in [6.45, 7) is 0. The van der Waals surface area contributed by atoms with Crippen molar-refractivity contribution in [2.75, 3.05) is 16.8 Å². The number of halogens is 1. The molecule has 6 heteroatoms. The second kappa shape index (κ2) is 6.54. The maximum Gasteiger partial charge on any atom is 0.237 e. The zero-order chi connectivity index (χ0) is 14.5. The molecule has 0 spiro atoms. The van der Waals surface area contributed by atoms with Crippen molar-refractivity contribution in [3.05, 3.63) is 53.6 Å². The molecular formula is C14H13ClN2O2S. The largest absolute Gasteiger partial charge is 0.399 e. The van der Waals surface area contributed by atoms with Gasteiger partial charge in [0.25, 0.3) is 0 Å². The van der Waals surface area contributed by atoms with Crippen molar-refractivity contribution < 1.29 is 9.00 Å². The van der Waals surface area contributed by atoms with Crippen molar-refractivity contribution >= 4 is 39.7 Å². The lowest BCUT2D eigenvalue weighted by atomic mass is 10.3. The van der Waals surface area contributed by atoms with Gasteiger partial charge in [-0.15, -0.1) is 0 Å². The van der Waals surface area contributed by atoms with Crippen LogP contribution in [0.5, 0.6) is 0 Å². The van der Waals surface area contributed by atoms with E-state index in [1.165, 1.54) is 0 Å². The van der Waals surface area contributed by atoms with Crippen LogP contribution in [0.4, 0.5) is 11.4 Å². The predicted molar refractivity (Wildman–Crippen MR) is 82.2 cm³/mol. The molecule has 0 aromatic heterocycles. The Bertz CT molecular complexity index is 644. The minimum absolute atomic E-state index is 0.115. The molecule has 0 aliphatic rings. The highest BCUT2D eigenvalue weighted by Gasteiger charge is 2.10. The summed E-state index contributed by atoms with van der Waals surface area (Å²) in [6.07, 6.45) is 0. The molecule has 0 bridgehead atoms. The topological polar surface area (TPSA) is 72.2 Å². The second-order valence-electron chi connectivity index (χ2n) is 4.12. The first kappa shape index (κ1) is 14.6. The smallest absolute Gasteiger partial charge is 0.237 e. The lowest BCUT2D eigenvalue weighted by molar-refractivity contribution is -0.113. The lowest BCUT2D eigenvalue weighted by Crippen LogP contribution is -2.19. The number of carbonyl (C=O) groups is 1. The van der Waals surface area contributed by atoms with Crippen molar-refractivity contribution in [3.8, 4) is 0 Å². The van der Waals surface area contributed by atoms with Crippen LogP contribution in [0.25, 0.3) is 0 Å². The average Bonchev–Trinajstić information content (AvgIpc) is 2.39. The zero-order valence-electron chi connectivity index (χ0n) is 10.5. The van der Waals surface area contributed by atoms with Gasteiger partial charge in [0.05, 0.1) is 10.8 Å². The number of nitrogens with two attached hydrogens (primary N) is 1. The Morgan fingerprint density at radius 3 is 2.55 bits per heavy atom. The summed E-state index contributed by atoms with van der Waals surface area (Å²) < 4.78 is 12.0. The predicted octanol–water partition coefficient (Wildman–Crippen LogP) is 2.67. The third-order valence-corrected chi connectivity index (χ3v) is 4.07. The van der Waals surface area contributed by atoms with Gasteiger partial charge in [-0.2, -0.15) is 0 Å². The fraction of sp³-hybridized carbons (Fsp3) is 0.0714. The molecule has 3 N–H and O–H groups in total. The molecule has 0 saturated carbocycles. The Morgan fingerprint density at radius 1 is 1.20 bits per heavy atom. The van der Waals surface area contributed by atoms with Gasteiger partial charge in [-0.05, 0) is 42.5 Å². The van der Waals surface area contributed by atoms with Crippen LogP contribution in [0.2, 0.25) is 5.02 Å². The van der Waals surface area contributed by atoms with Crippen molar-refractivity contribution in [2.24, 2.45) is 0 Å². The SMILES string of the molecule is Nc1ccc(S(=O)CC(=O)Nc2cccc(Cl)c2)cc1. The number of rotatable bonds is 4. The molecule has 0 fully saturated rings.